The minimum absolute atomic E-state index is 0.00996. The smallest absolute Gasteiger partial charge is 0.257 e. The molecule has 2 aromatic carbocycles. The third-order valence-corrected chi connectivity index (χ3v) is 6.61. The second-order valence-corrected chi connectivity index (χ2v) is 9.80. The Kier molecular flexibility index (Phi) is 6.04. The van der Waals surface area contributed by atoms with Gasteiger partial charge in [0.05, 0.1) is 21.2 Å². The van der Waals surface area contributed by atoms with E-state index in [9.17, 15) is 13.2 Å². The molecule has 3 rings (SSSR count). The van der Waals surface area contributed by atoms with Crippen molar-refractivity contribution in [3.8, 4) is 0 Å². The molecule has 1 aromatic heterocycles. The minimum Gasteiger partial charge on any atom is -0.329 e. The first-order chi connectivity index (χ1) is 13.1. The van der Waals surface area contributed by atoms with Crippen molar-refractivity contribution in [1.82, 2.24) is 9.55 Å². The summed E-state index contributed by atoms with van der Waals surface area (Å²) in [5, 5.41) is 4.07. The van der Waals surface area contributed by atoms with Gasteiger partial charge in [0.15, 0.2) is 15.0 Å². The predicted molar refractivity (Wildman–Crippen MR) is 111 cm³/mol. The quantitative estimate of drug-likeness (QED) is 0.610. The van der Waals surface area contributed by atoms with Crippen LogP contribution in [-0.2, 0) is 16.9 Å². The van der Waals surface area contributed by atoms with Gasteiger partial charge in [-0.3, -0.25) is 4.79 Å². The summed E-state index contributed by atoms with van der Waals surface area (Å²) in [6.45, 7) is 0. The molecule has 0 aliphatic heterocycles. The first-order valence-corrected chi connectivity index (χ1v) is 11.4. The maximum absolute atomic E-state index is 12.8. The number of aryl methyl sites for hydroxylation is 1. The van der Waals surface area contributed by atoms with Crippen molar-refractivity contribution in [2.24, 2.45) is 7.05 Å². The average Bonchev–Trinajstić information content (AvgIpc) is 3.01. The van der Waals surface area contributed by atoms with Gasteiger partial charge in [0, 0.05) is 35.6 Å². The summed E-state index contributed by atoms with van der Waals surface area (Å²) >= 11 is 13.6. The van der Waals surface area contributed by atoms with Gasteiger partial charge in [-0.05, 0) is 48.2 Å². The topological polar surface area (TPSA) is 81.1 Å². The zero-order valence-electron chi connectivity index (χ0n) is 14.8. The van der Waals surface area contributed by atoms with Crippen molar-refractivity contribution in [2.45, 2.75) is 14.9 Å². The highest BCUT2D eigenvalue weighted by Gasteiger charge is 2.18. The van der Waals surface area contributed by atoms with Crippen molar-refractivity contribution >= 4 is 56.4 Å². The number of carbonyl (C=O) groups is 1. The first kappa shape index (κ1) is 20.7. The number of carbonyl (C=O) groups excluding carboxylic acids is 1. The summed E-state index contributed by atoms with van der Waals surface area (Å²) in [6, 6.07) is 9.08. The molecule has 1 amide bonds. The van der Waals surface area contributed by atoms with E-state index in [-0.39, 0.29) is 15.5 Å². The average molecular weight is 456 g/mol. The molecule has 0 bridgehead atoms. The predicted octanol–water partition coefficient (Wildman–Crippen LogP) is 4.53. The molecule has 146 valence electrons. The van der Waals surface area contributed by atoms with Crippen LogP contribution in [0.25, 0.3) is 0 Å². The summed E-state index contributed by atoms with van der Waals surface area (Å²) in [5.41, 5.74) is 0.517. The van der Waals surface area contributed by atoms with E-state index >= 15 is 0 Å². The molecule has 0 radical (unpaired) electrons. The number of halogens is 2. The van der Waals surface area contributed by atoms with Crippen LogP contribution in [0.4, 0.5) is 5.69 Å². The van der Waals surface area contributed by atoms with Crippen LogP contribution in [0.5, 0.6) is 0 Å². The van der Waals surface area contributed by atoms with E-state index in [0.717, 1.165) is 16.3 Å². The standard InChI is InChI=1S/C18H15Cl2N3O3S2/c1-23-8-7-21-18(23)27-16-6-3-11(19)9-15(16)22-17(24)13-10-12(28(2,25)26)4-5-14(13)20/h3-10H,1-2H3,(H,22,24). The number of amides is 1. The van der Waals surface area contributed by atoms with Crippen LogP contribution in [0.2, 0.25) is 10.0 Å². The molecule has 0 aliphatic rings. The third kappa shape index (κ3) is 4.70. The largest absolute Gasteiger partial charge is 0.329 e. The first-order valence-electron chi connectivity index (χ1n) is 7.91. The number of hydrogen-bond acceptors (Lipinski definition) is 5. The lowest BCUT2D eigenvalue weighted by Gasteiger charge is -2.12. The normalized spacial score (nSPS) is 11.4. The van der Waals surface area contributed by atoms with Gasteiger partial charge in [-0.25, -0.2) is 13.4 Å². The summed E-state index contributed by atoms with van der Waals surface area (Å²) in [4.78, 5) is 17.8. The molecule has 1 N–H and O–H groups in total. The number of aromatic nitrogens is 2. The van der Waals surface area contributed by atoms with Crippen LogP contribution < -0.4 is 5.32 Å². The number of nitrogens with zero attached hydrogens (tertiary/aromatic N) is 2. The van der Waals surface area contributed by atoms with Gasteiger partial charge in [-0.15, -0.1) is 0 Å². The number of rotatable bonds is 5. The van der Waals surface area contributed by atoms with Crippen molar-refractivity contribution in [3.63, 3.8) is 0 Å². The van der Waals surface area contributed by atoms with Crippen LogP contribution in [0.15, 0.2) is 63.7 Å². The van der Waals surface area contributed by atoms with Crippen molar-refractivity contribution < 1.29 is 13.2 Å². The fourth-order valence-corrected chi connectivity index (χ4v) is 4.23. The van der Waals surface area contributed by atoms with E-state index < -0.39 is 15.7 Å². The van der Waals surface area contributed by atoms with Gasteiger partial charge >= 0.3 is 0 Å². The molecule has 6 nitrogen and oxygen atoms in total. The lowest BCUT2D eigenvalue weighted by Crippen LogP contribution is -2.14. The zero-order chi connectivity index (χ0) is 20.5. The number of hydrogen-bond donors (Lipinski definition) is 1. The molecular weight excluding hydrogens is 441 g/mol. The van der Waals surface area contributed by atoms with Gasteiger partial charge < -0.3 is 9.88 Å². The molecule has 0 saturated heterocycles. The molecule has 0 atom stereocenters. The van der Waals surface area contributed by atoms with Crippen LogP contribution in [0.3, 0.4) is 0 Å². The van der Waals surface area contributed by atoms with Gasteiger partial charge in [-0.2, -0.15) is 0 Å². The highest BCUT2D eigenvalue weighted by molar-refractivity contribution is 7.99. The molecule has 10 heteroatoms. The highest BCUT2D eigenvalue weighted by Crippen LogP contribution is 2.35. The molecule has 0 aliphatic carbocycles. The summed E-state index contributed by atoms with van der Waals surface area (Å²) in [7, 11) is -1.62. The van der Waals surface area contributed by atoms with E-state index in [1.807, 2.05) is 17.8 Å². The molecule has 0 fully saturated rings. The number of anilines is 1. The SMILES string of the molecule is Cn1ccnc1Sc1ccc(Cl)cc1NC(=O)c1cc(S(C)(=O)=O)ccc1Cl. The lowest BCUT2D eigenvalue weighted by atomic mass is 10.2. The number of imidazole rings is 1. The zero-order valence-corrected chi connectivity index (χ0v) is 18.0. The van der Waals surface area contributed by atoms with Gasteiger partial charge in [0.1, 0.15) is 0 Å². The van der Waals surface area contributed by atoms with Gasteiger partial charge in [0.25, 0.3) is 5.91 Å². The highest BCUT2D eigenvalue weighted by atomic mass is 35.5. The molecule has 0 saturated carbocycles. The Morgan fingerprint density at radius 3 is 2.57 bits per heavy atom. The number of sulfone groups is 1. The Labute approximate surface area is 176 Å². The Hall–Kier alpha value is -2.00. The fraction of sp³-hybridized carbons (Fsp3) is 0.111. The lowest BCUT2D eigenvalue weighted by molar-refractivity contribution is 0.102. The van der Waals surface area contributed by atoms with Crippen LogP contribution in [0.1, 0.15) is 10.4 Å². The monoisotopic (exact) mass is 455 g/mol. The molecule has 1 heterocycles. The van der Waals surface area contributed by atoms with E-state index in [0.29, 0.717) is 10.7 Å². The summed E-state index contributed by atoms with van der Waals surface area (Å²) < 4.78 is 25.4. The second kappa shape index (κ2) is 8.16. The van der Waals surface area contributed by atoms with Gasteiger partial charge in [-0.1, -0.05) is 23.2 Å². The van der Waals surface area contributed by atoms with E-state index in [4.69, 9.17) is 23.2 Å². The van der Waals surface area contributed by atoms with E-state index in [1.165, 1.54) is 30.0 Å². The Balaban J connectivity index is 1.95. The van der Waals surface area contributed by atoms with Crippen LogP contribution in [-0.4, -0.2) is 30.1 Å². The molecule has 3 aromatic rings. The molecule has 0 spiro atoms. The Bertz CT molecular complexity index is 1160. The van der Waals surface area contributed by atoms with E-state index in [2.05, 4.69) is 10.3 Å². The van der Waals surface area contributed by atoms with E-state index in [1.54, 1.807) is 24.4 Å². The molecule has 0 unspecified atom stereocenters. The Morgan fingerprint density at radius 2 is 1.93 bits per heavy atom. The van der Waals surface area contributed by atoms with Crippen LogP contribution in [0, 0.1) is 0 Å². The second-order valence-electron chi connectivity index (χ2n) is 5.93. The maximum Gasteiger partial charge on any atom is 0.257 e. The molecule has 28 heavy (non-hydrogen) atoms. The third-order valence-electron chi connectivity index (χ3n) is 3.78. The van der Waals surface area contributed by atoms with Crippen molar-refractivity contribution in [3.05, 3.63) is 64.4 Å². The Morgan fingerprint density at radius 1 is 1.18 bits per heavy atom. The number of benzene rings is 2. The van der Waals surface area contributed by atoms with Gasteiger partial charge in [0.2, 0.25) is 0 Å². The fourth-order valence-electron chi connectivity index (χ4n) is 2.34. The summed E-state index contributed by atoms with van der Waals surface area (Å²) in [6.07, 6.45) is 4.55. The molecular formula is C18H15Cl2N3O3S2. The minimum atomic E-state index is -3.48. The summed E-state index contributed by atoms with van der Waals surface area (Å²) in [5.74, 6) is -0.542. The van der Waals surface area contributed by atoms with Crippen molar-refractivity contribution in [2.75, 3.05) is 11.6 Å². The van der Waals surface area contributed by atoms with Crippen molar-refractivity contribution in [1.29, 1.82) is 0 Å². The van der Waals surface area contributed by atoms with Crippen LogP contribution >= 0.6 is 35.0 Å². The number of nitrogens with one attached hydrogen (secondary N) is 1. The maximum atomic E-state index is 12.8.